The Balaban J connectivity index is 1.77. The van der Waals surface area contributed by atoms with E-state index in [0.717, 1.165) is 11.1 Å². The zero-order valence-corrected chi connectivity index (χ0v) is 19.7. The van der Waals surface area contributed by atoms with Gasteiger partial charge in [0.1, 0.15) is 18.2 Å². The van der Waals surface area contributed by atoms with Crippen LogP contribution in [0, 0.1) is 19.8 Å². The van der Waals surface area contributed by atoms with Crippen molar-refractivity contribution in [2.45, 2.75) is 46.8 Å². The van der Waals surface area contributed by atoms with Crippen LogP contribution < -0.4 is 15.7 Å². The summed E-state index contributed by atoms with van der Waals surface area (Å²) in [6.45, 7) is 7.24. The quantitative estimate of drug-likeness (QED) is 0.285. The third-order valence-corrected chi connectivity index (χ3v) is 5.97. The van der Waals surface area contributed by atoms with Crippen LogP contribution in [0.4, 0.5) is 4.79 Å². The lowest BCUT2D eigenvalue weighted by Crippen LogP contribution is -2.47. The molecule has 174 valence electrons. The first kappa shape index (κ1) is 24.3. The third kappa shape index (κ3) is 5.73. The molecular formula is C25H26ClNO6. The van der Waals surface area contributed by atoms with Crippen LogP contribution in [0.1, 0.15) is 37.0 Å². The van der Waals surface area contributed by atoms with Crippen molar-refractivity contribution in [1.29, 1.82) is 0 Å². The van der Waals surface area contributed by atoms with E-state index in [4.69, 9.17) is 25.5 Å². The van der Waals surface area contributed by atoms with Crippen molar-refractivity contribution in [3.63, 3.8) is 0 Å². The first-order valence-corrected chi connectivity index (χ1v) is 11.0. The molecule has 2 aromatic carbocycles. The van der Waals surface area contributed by atoms with Crippen molar-refractivity contribution in [2.24, 2.45) is 5.92 Å². The van der Waals surface area contributed by atoms with Gasteiger partial charge in [-0.3, -0.25) is 0 Å². The van der Waals surface area contributed by atoms with Crippen LogP contribution in [0.3, 0.4) is 0 Å². The topological polar surface area (TPSA) is 94.8 Å². The number of nitrogens with one attached hydrogen (secondary N) is 1. The van der Waals surface area contributed by atoms with Crippen LogP contribution in [0.5, 0.6) is 5.75 Å². The lowest BCUT2D eigenvalue weighted by molar-refractivity contribution is -0.138. The van der Waals surface area contributed by atoms with E-state index in [9.17, 15) is 14.4 Å². The minimum Gasteiger partial charge on any atom is -0.445 e. The summed E-state index contributed by atoms with van der Waals surface area (Å²) in [5, 5.41) is 3.42. The second-order valence-electron chi connectivity index (χ2n) is 7.91. The summed E-state index contributed by atoms with van der Waals surface area (Å²) < 4.78 is 16.1. The first-order valence-electron chi connectivity index (χ1n) is 10.6. The van der Waals surface area contributed by atoms with Crippen LogP contribution in [0.25, 0.3) is 11.0 Å². The maximum absolute atomic E-state index is 13.0. The zero-order chi connectivity index (χ0) is 24.1. The van der Waals surface area contributed by atoms with Gasteiger partial charge >= 0.3 is 17.7 Å². The monoisotopic (exact) mass is 471 g/mol. The average molecular weight is 472 g/mol. The molecular weight excluding hydrogens is 446 g/mol. The molecule has 1 aromatic heterocycles. The lowest BCUT2D eigenvalue weighted by atomic mass is 9.99. The molecule has 7 nitrogen and oxygen atoms in total. The number of esters is 1. The highest BCUT2D eigenvalue weighted by molar-refractivity contribution is 6.33. The third-order valence-electron chi connectivity index (χ3n) is 5.67. The number of alkyl carbamates (subject to hydrolysis) is 1. The van der Waals surface area contributed by atoms with Gasteiger partial charge in [-0.1, -0.05) is 62.2 Å². The maximum Gasteiger partial charge on any atom is 0.408 e. The minimum absolute atomic E-state index is 0.0355. The number of hydrogen-bond donors (Lipinski definition) is 1. The molecule has 0 saturated heterocycles. The molecule has 1 amide bonds. The molecule has 0 aliphatic rings. The second kappa shape index (κ2) is 10.5. The molecule has 3 aromatic rings. The van der Waals surface area contributed by atoms with Gasteiger partial charge in [0.2, 0.25) is 0 Å². The standard InChI is InChI=1S/C25H26ClNO6/c1-5-14(2)22(27-25(30)31-13-17-9-7-6-8-10-17)24(29)33-21-12-20-18(11-19(21)26)15(3)16(4)23(28)32-20/h6-12,14,22H,5,13H2,1-4H3,(H,27,30)/t14-,22+/m1/s1. The summed E-state index contributed by atoms with van der Waals surface area (Å²) >= 11 is 6.34. The van der Waals surface area contributed by atoms with E-state index in [1.165, 1.54) is 6.07 Å². The van der Waals surface area contributed by atoms with E-state index < -0.39 is 23.7 Å². The SMILES string of the molecule is CC[C@@H](C)[C@H](NC(=O)OCc1ccccc1)C(=O)Oc1cc2oc(=O)c(C)c(C)c2cc1Cl. The van der Waals surface area contributed by atoms with Gasteiger partial charge in [-0.15, -0.1) is 0 Å². The van der Waals surface area contributed by atoms with Gasteiger partial charge in [0.25, 0.3) is 0 Å². The van der Waals surface area contributed by atoms with Gasteiger partial charge in [-0.25, -0.2) is 14.4 Å². The van der Waals surface area contributed by atoms with Gasteiger partial charge < -0.3 is 19.2 Å². The number of benzene rings is 2. The number of aryl methyl sites for hydroxylation is 1. The number of ether oxygens (including phenoxy) is 2. The molecule has 0 radical (unpaired) electrons. The van der Waals surface area contributed by atoms with Crippen molar-refractivity contribution in [2.75, 3.05) is 0 Å². The molecule has 0 saturated carbocycles. The second-order valence-corrected chi connectivity index (χ2v) is 8.32. The van der Waals surface area contributed by atoms with E-state index in [2.05, 4.69) is 5.32 Å². The normalized spacial score (nSPS) is 12.8. The highest BCUT2D eigenvalue weighted by Gasteiger charge is 2.29. The molecule has 33 heavy (non-hydrogen) atoms. The summed E-state index contributed by atoms with van der Waals surface area (Å²) in [6.07, 6.45) is -0.125. The van der Waals surface area contributed by atoms with Gasteiger partial charge in [-0.05, 0) is 37.0 Å². The number of rotatable bonds is 7. The molecule has 1 heterocycles. The molecule has 0 aliphatic carbocycles. The van der Waals surface area contributed by atoms with E-state index in [0.29, 0.717) is 17.4 Å². The number of fused-ring (bicyclic) bond motifs is 1. The molecule has 0 spiro atoms. The first-order chi connectivity index (χ1) is 15.7. The Morgan fingerprint density at radius 1 is 1.12 bits per heavy atom. The molecule has 2 atom stereocenters. The fourth-order valence-corrected chi connectivity index (χ4v) is 3.46. The Morgan fingerprint density at radius 2 is 1.82 bits per heavy atom. The van der Waals surface area contributed by atoms with Crippen molar-refractivity contribution in [1.82, 2.24) is 5.32 Å². The number of amides is 1. The van der Waals surface area contributed by atoms with Crippen LogP contribution in [0.2, 0.25) is 5.02 Å². The summed E-state index contributed by atoms with van der Waals surface area (Å²) in [5.74, 6) is -0.898. The van der Waals surface area contributed by atoms with E-state index in [1.807, 2.05) is 44.2 Å². The Hall–Kier alpha value is -3.32. The molecule has 3 rings (SSSR count). The van der Waals surface area contributed by atoms with Crippen molar-refractivity contribution < 1.29 is 23.5 Å². The highest BCUT2D eigenvalue weighted by Crippen LogP contribution is 2.32. The highest BCUT2D eigenvalue weighted by atomic mass is 35.5. The smallest absolute Gasteiger partial charge is 0.408 e. The summed E-state index contributed by atoms with van der Waals surface area (Å²) in [7, 11) is 0. The fourth-order valence-electron chi connectivity index (χ4n) is 3.25. The number of carbonyl (C=O) groups excluding carboxylic acids is 2. The number of carbonyl (C=O) groups is 2. The summed E-state index contributed by atoms with van der Waals surface area (Å²) in [5.41, 5.74) is 1.83. The van der Waals surface area contributed by atoms with Crippen LogP contribution >= 0.6 is 11.6 Å². The number of halogens is 1. The number of hydrogen-bond acceptors (Lipinski definition) is 6. The van der Waals surface area contributed by atoms with Gasteiger partial charge in [-0.2, -0.15) is 0 Å². The lowest BCUT2D eigenvalue weighted by Gasteiger charge is -2.22. The Labute approximate surface area is 196 Å². The van der Waals surface area contributed by atoms with E-state index in [1.54, 1.807) is 19.9 Å². The van der Waals surface area contributed by atoms with Crippen molar-refractivity contribution in [3.05, 3.63) is 74.6 Å². The molecule has 0 unspecified atom stereocenters. The Morgan fingerprint density at radius 3 is 2.48 bits per heavy atom. The molecule has 8 heteroatoms. The Kier molecular flexibility index (Phi) is 7.76. The van der Waals surface area contributed by atoms with E-state index >= 15 is 0 Å². The van der Waals surface area contributed by atoms with Crippen LogP contribution in [-0.2, 0) is 16.1 Å². The van der Waals surface area contributed by atoms with E-state index in [-0.39, 0.29) is 28.9 Å². The van der Waals surface area contributed by atoms with Crippen molar-refractivity contribution >= 4 is 34.6 Å². The summed E-state index contributed by atoms with van der Waals surface area (Å²) in [6, 6.07) is 11.2. The maximum atomic E-state index is 13.0. The molecule has 1 N–H and O–H groups in total. The van der Waals surface area contributed by atoms with Gasteiger partial charge in [0, 0.05) is 17.0 Å². The zero-order valence-electron chi connectivity index (χ0n) is 18.9. The predicted octanol–water partition coefficient (Wildman–Crippen LogP) is 5.31. The average Bonchev–Trinajstić information content (AvgIpc) is 2.81. The molecule has 0 aliphatic heterocycles. The van der Waals surface area contributed by atoms with Gasteiger partial charge in [0.05, 0.1) is 5.02 Å². The van der Waals surface area contributed by atoms with Gasteiger partial charge in [0.15, 0.2) is 5.75 Å². The fraction of sp³-hybridized carbons (Fsp3) is 0.320. The predicted molar refractivity (Wildman–Crippen MR) is 126 cm³/mol. The van der Waals surface area contributed by atoms with Crippen LogP contribution in [0.15, 0.2) is 51.7 Å². The largest absolute Gasteiger partial charge is 0.445 e. The minimum atomic E-state index is -0.961. The van der Waals surface area contributed by atoms with Crippen molar-refractivity contribution in [3.8, 4) is 5.75 Å². The Bertz CT molecular complexity index is 1220. The molecule has 0 bridgehead atoms. The molecule has 0 fully saturated rings. The van der Waals surface area contributed by atoms with Crippen LogP contribution in [-0.4, -0.2) is 18.1 Å². The summed E-state index contributed by atoms with van der Waals surface area (Å²) in [4.78, 5) is 37.3.